The van der Waals surface area contributed by atoms with E-state index in [0.717, 1.165) is 12.5 Å². The summed E-state index contributed by atoms with van der Waals surface area (Å²) >= 11 is 0. The summed E-state index contributed by atoms with van der Waals surface area (Å²) in [4.78, 5) is 4.88. The van der Waals surface area contributed by atoms with Crippen LogP contribution in [-0.4, -0.2) is 43.5 Å². The standard InChI is InChI=1S/C16H27N3/c1-18-9-7-14(8-10-18)12-19(2)13-16-6-4-3-5-15(16)11-17/h3-6,14H,7-13,17H2,1-2H3. The summed E-state index contributed by atoms with van der Waals surface area (Å²) in [5.74, 6) is 0.853. The van der Waals surface area contributed by atoms with Crippen LogP contribution in [0.5, 0.6) is 0 Å². The largest absolute Gasteiger partial charge is 0.326 e. The van der Waals surface area contributed by atoms with Gasteiger partial charge in [-0.1, -0.05) is 24.3 Å². The number of nitrogens with two attached hydrogens (primary N) is 1. The Labute approximate surface area is 117 Å². The predicted molar refractivity (Wildman–Crippen MR) is 80.9 cm³/mol. The molecule has 2 N–H and O–H groups in total. The summed E-state index contributed by atoms with van der Waals surface area (Å²) in [6, 6.07) is 8.52. The van der Waals surface area contributed by atoms with E-state index < -0.39 is 0 Å². The van der Waals surface area contributed by atoms with Crippen LogP contribution < -0.4 is 5.73 Å². The highest BCUT2D eigenvalue weighted by atomic mass is 15.1. The maximum Gasteiger partial charge on any atom is 0.0234 e. The van der Waals surface area contributed by atoms with Crippen molar-refractivity contribution in [3.8, 4) is 0 Å². The highest BCUT2D eigenvalue weighted by Gasteiger charge is 2.18. The molecule has 19 heavy (non-hydrogen) atoms. The average molecular weight is 261 g/mol. The van der Waals surface area contributed by atoms with Gasteiger partial charge in [-0.3, -0.25) is 0 Å². The van der Waals surface area contributed by atoms with Crippen molar-refractivity contribution < 1.29 is 0 Å². The summed E-state index contributed by atoms with van der Waals surface area (Å²) < 4.78 is 0. The maximum atomic E-state index is 5.80. The van der Waals surface area contributed by atoms with Gasteiger partial charge in [-0.25, -0.2) is 0 Å². The fraction of sp³-hybridized carbons (Fsp3) is 0.625. The summed E-state index contributed by atoms with van der Waals surface area (Å²) in [6.45, 7) is 5.35. The first kappa shape index (κ1) is 14.5. The molecule has 1 saturated heterocycles. The van der Waals surface area contributed by atoms with Gasteiger partial charge in [0.1, 0.15) is 0 Å². The molecule has 0 aromatic heterocycles. The van der Waals surface area contributed by atoms with Gasteiger partial charge in [-0.05, 0) is 57.1 Å². The monoisotopic (exact) mass is 261 g/mol. The van der Waals surface area contributed by atoms with Gasteiger partial charge in [0.15, 0.2) is 0 Å². The maximum absolute atomic E-state index is 5.80. The van der Waals surface area contributed by atoms with Gasteiger partial charge in [-0.15, -0.1) is 0 Å². The molecule has 0 bridgehead atoms. The topological polar surface area (TPSA) is 32.5 Å². The molecule has 1 aliphatic rings. The van der Waals surface area contributed by atoms with Crippen molar-refractivity contribution in [2.45, 2.75) is 25.9 Å². The molecule has 3 nitrogen and oxygen atoms in total. The summed E-state index contributed by atoms with van der Waals surface area (Å²) in [7, 11) is 4.45. The zero-order valence-electron chi connectivity index (χ0n) is 12.3. The highest BCUT2D eigenvalue weighted by molar-refractivity contribution is 5.26. The van der Waals surface area contributed by atoms with Crippen LogP contribution in [0.25, 0.3) is 0 Å². The molecule has 2 rings (SSSR count). The molecule has 1 aromatic carbocycles. The molecule has 0 atom stereocenters. The van der Waals surface area contributed by atoms with Gasteiger partial charge < -0.3 is 15.5 Å². The minimum Gasteiger partial charge on any atom is -0.326 e. The van der Waals surface area contributed by atoms with E-state index in [1.165, 1.54) is 43.6 Å². The first-order valence-corrected chi connectivity index (χ1v) is 7.33. The van der Waals surface area contributed by atoms with Gasteiger partial charge in [0.25, 0.3) is 0 Å². The fourth-order valence-electron chi connectivity index (χ4n) is 2.95. The average Bonchev–Trinajstić information content (AvgIpc) is 2.42. The highest BCUT2D eigenvalue weighted by Crippen LogP contribution is 2.18. The molecule has 0 radical (unpaired) electrons. The number of benzene rings is 1. The van der Waals surface area contributed by atoms with E-state index >= 15 is 0 Å². The zero-order chi connectivity index (χ0) is 13.7. The molecule has 1 aliphatic heterocycles. The van der Waals surface area contributed by atoms with Crippen LogP contribution in [-0.2, 0) is 13.1 Å². The van der Waals surface area contributed by atoms with E-state index in [2.05, 4.69) is 48.2 Å². The van der Waals surface area contributed by atoms with E-state index in [0.29, 0.717) is 6.54 Å². The van der Waals surface area contributed by atoms with Crippen molar-refractivity contribution >= 4 is 0 Å². The smallest absolute Gasteiger partial charge is 0.0234 e. The normalized spacial score (nSPS) is 18.1. The molecular weight excluding hydrogens is 234 g/mol. The molecular formula is C16H27N3. The first-order valence-electron chi connectivity index (χ1n) is 7.33. The molecule has 3 heteroatoms. The van der Waals surface area contributed by atoms with Crippen LogP contribution in [0.2, 0.25) is 0 Å². The van der Waals surface area contributed by atoms with E-state index in [-0.39, 0.29) is 0 Å². The Morgan fingerprint density at radius 2 is 1.84 bits per heavy atom. The summed E-state index contributed by atoms with van der Waals surface area (Å²) in [5, 5.41) is 0. The Balaban J connectivity index is 1.85. The predicted octanol–water partition coefficient (Wildman–Crippen LogP) is 1.92. The first-order chi connectivity index (χ1) is 9.19. The minimum atomic E-state index is 0.637. The molecule has 0 unspecified atom stereocenters. The van der Waals surface area contributed by atoms with Crippen molar-refractivity contribution in [2.24, 2.45) is 11.7 Å². The van der Waals surface area contributed by atoms with E-state index in [1.807, 2.05) is 0 Å². The number of nitrogens with zero attached hydrogens (tertiary/aromatic N) is 2. The van der Waals surface area contributed by atoms with Crippen molar-refractivity contribution in [2.75, 3.05) is 33.7 Å². The lowest BCUT2D eigenvalue weighted by molar-refractivity contribution is 0.173. The Morgan fingerprint density at radius 3 is 2.47 bits per heavy atom. The van der Waals surface area contributed by atoms with Gasteiger partial charge in [-0.2, -0.15) is 0 Å². The number of piperidine rings is 1. The molecule has 0 amide bonds. The fourth-order valence-corrected chi connectivity index (χ4v) is 2.95. The molecule has 1 aromatic rings. The van der Waals surface area contributed by atoms with Crippen molar-refractivity contribution in [1.29, 1.82) is 0 Å². The zero-order valence-corrected chi connectivity index (χ0v) is 12.3. The van der Waals surface area contributed by atoms with E-state index in [9.17, 15) is 0 Å². The molecule has 106 valence electrons. The lowest BCUT2D eigenvalue weighted by Gasteiger charge is -2.31. The van der Waals surface area contributed by atoms with E-state index in [1.54, 1.807) is 0 Å². The van der Waals surface area contributed by atoms with Crippen LogP contribution in [0.1, 0.15) is 24.0 Å². The third-order valence-corrected chi connectivity index (χ3v) is 4.19. The second-order valence-corrected chi connectivity index (χ2v) is 5.92. The van der Waals surface area contributed by atoms with E-state index in [4.69, 9.17) is 5.73 Å². The SMILES string of the molecule is CN1CCC(CN(C)Cc2ccccc2CN)CC1. The van der Waals surface area contributed by atoms with Gasteiger partial charge in [0.2, 0.25) is 0 Å². The summed E-state index contributed by atoms with van der Waals surface area (Å²) in [5.41, 5.74) is 8.45. The Hall–Kier alpha value is -0.900. The number of likely N-dealkylation sites (tertiary alicyclic amines) is 1. The molecule has 0 spiro atoms. The quantitative estimate of drug-likeness (QED) is 0.879. The lowest BCUT2D eigenvalue weighted by Crippen LogP contribution is -2.35. The summed E-state index contributed by atoms with van der Waals surface area (Å²) in [6.07, 6.45) is 2.67. The minimum absolute atomic E-state index is 0.637. The van der Waals surface area contributed by atoms with Crippen molar-refractivity contribution in [3.63, 3.8) is 0 Å². The van der Waals surface area contributed by atoms with Crippen LogP contribution in [0.3, 0.4) is 0 Å². The van der Waals surface area contributed by atoms with Gasteiger partial charge in [0.05, 0.1) is 0 Å². The Morgan fingerprint density at radius 1 is 1.21 bits per heavy atom. The van der Waals surface area contributed by atoms with Gasteiger partial charge >= 0.3 is 0 Å². The van der Waals surface area contributed by atoms with Gasteiger partial charge in [0, 0.05) is 19.6 Å². The van der Waals surface area contributed by atoms with Crippen LogP contribution in [0.15, 0.2) is 24.3 Å². The molecule has 1 heterocycles. The lowest BCUT2D eigenvalue weighted by atomic mass is 9.96. The Kier molecular flexibility index (Phi) is 5.37. The number of rotatable bonds is 5. The number of hydrogen-bond acceptors (Lipinski definition) is 3. The van der Waals surface area contributed by atoms with Crippen LogP contribution in [0.4, 0.5) is 0 Å². The second kappa shape index (κ2) is 7.04. The third kappa shape index (κ3) is 4.30. The second-order valence-electron chi connectivity index (χ2n) is 5.92. The third-order valence-electron chi connectivity index (χ3n) is 4.19. The Bertz CT molecular complexity index is 383. The number of hydrogen-bond donors (Lipinski definition) is 1. The molecule has 0 aliphatic carbocycles. The molecule has 1 fully saturated rings. The molecule has 0 saturated carbocycles. The van der Waals surface area contributed by atoms with Crippen molar-refractivity contribution in [1.82, 2.24) is 9.80 Å². The van der Waals surface area contributed by atoms with Crippen molar-refractivity contribution in [3.05, 3.63) is 35.4 Å². The van der Waals surface area contributed by atoms with Crippen LogP contribution >= 0.6 is 0 Å². The van der Waals surface area contributed by atoms with Crippen LogP contribution in [0, 0.1) is 5.92 Å².